The number of nitrogens with zero attached hydrogens (tertiary/aromatic N) is 4. The van der Waals surface area contributed by atoms with E-state index in [0.29, 0.717) is 22.0 Å². The van der Waals surface area contributed by atoms with E-state index in [1.54, 1.807) is 18.2 Å². The number of para-hydroxylation sites is 1. The summed E-state index contributed by atoms with van der Waals surface area (Å²) < 4.78 is 5.77. The summed E-state index contributed by atoms with van der Waals surface area (Å²) in [5.74, 6) is 0.232. The van der Waals surface area contributed by atoms with Crippen LogP contribution in [0.2, 0.25) is 5.02 Å². The van der Waals surface area contributed by atoms with Gasteiger partial charge in [-0.1, -0.05) is 29.8 Å². The molecule has 0 unspecified atom stereocenters. The minimum absolute atomic E-state index is 0.00761. The van der Waals surface area contributed by atoms with Gasteiger partial charge in [0.15, 0.2) is 0 Å². The summed E-state index contributed by atoms with van der Waals surface area (Å²) in [6.07, 6.45) is 1.21. The van der Waals surface area contributed by atoms with E-state index in [1.165, 1.54) is 6.33 Å². The van der Waals surface area contributed by atoms with Crippen LogP contribution in [-0.2, 0) is 0 Å². The van der Waals surface area contributed by atoms with E-state index in [1.807, 2.05) is 45.0 Å². The highest BCUT2D eigenvalue weighted by Crippen LogP contribution is 2.37. The highest BCUT2D eigenvalue weighted by Gasteiger charge is 2.26. The van der Waals surface area contributed by atoms with E-state index in [-0.39, 0.29) is 17.4 Å². The first kappa shape index (κ1) is 20.5. The van der Waals surface area contributed by atoms with Crippen molar-refractivity contribution in [3.8, 4) is 11.6 Å². The maximum Gasteiger partial charge on any atom is 0.373 e. The Kier molecular flexibility index (Phi) is 5.39. The van der Waals surface area contributed by atoms with E-state index in [4.69, 9.17) is 16.3 Å². The Balaban J connectivity index is 1.77. The number of halogens is 1. The van der Waals surface area contributed by atoms with Crippen LogP contribution in [0.15, 0.2) is 48.8 Å². The number of pyridine rings is 1. The highest BCUT2D eigenvalue weighted by molar-refractivity contribution is 6.32. The highest BCUT2D eigenvalue weighted by atomic mass is 35.5. The number of nitrogens with one attached hydrogen (secondary N) is 1. The molecule has 0 aliphatic carbocycles. The van der Waals surface area contributed by atoms with E-state index >= 15 is 0 Å². The lowest BCUT2D eigenvalue weighted by Gasteiger charge is -2.12. The summed E-state index contributed by atoms with van der Waals surface area (Å²) in [6, 6.07) is 12.8. The minimum Gasteiger partial charge on any atom is -0.434 e. The Morgan fingerprint density at radius 2 is 1.81 bits per heavy atom. The lowest BCUT2D eigenvalue weighted by Crippen LogP contribution is -2.04. The number of aryl methyl sites for hydroxylation is 3. The van der Waals surface area contributed by atoms with Crippen LogP contribution in [0, 0.1) is 30.9 Å². The van der Waals surface area contributed by atoms with Crippen molar-refractivity contribution >= 4 is 39.7 Å². The fourth-order valence-electron chi connectivity index (χ4n) is 3.24. The van der Waals surface area contributed by atoms with Gasteiger partial charge in [-0.15, -0.1) is 0 Å². The number of ether oxygens (including phenoxy) is 1. The first-order valence-electron chi connectivity index (χ1n) is 9.41. The molecule has 0 amide bonds. The van der Waals surface area contributed by atoms with Crippen molar-refractivity contribution in [2.75, 3.05) is 5.32 Å². The number of anilines is 2. The Hall–Kier alpha value is -3.78. The van der Waals surface area contributed by atoms with Crippen LogP contribution in [0.1, 0.15) is 16.8 Å². The van der Waals surface area contributed by atoms with Crippen molar-refractivity contribution < 1.29 is 9.66 Å². The quantitative estimate of drug-likeness (QED) is 0.300. The number of benzene rings is 2. The maximum atomic E-state index is 11.9. The number of hydrogen-bond acceptors (Lipinski definition) is 7. The zero-order valence-corrected chi connectivity index (χ0v) is 17.8. The molecule has 0 radical (unpaired) electrons. The van der Waals surface area contributed by atoms with E-state index in [9.17, 15) is 10.1 Å². The van der Waals surface area contributed by atoms with Gasteiger partial charge >= 0.3 is 11.6 Å². The van der Waals surface area contributed by atoms with Crippen LogP contribution in [-0.4, -0.2) is 19.9 Å². The summed E-state index contributed by atoms with van der Waals surface area (Å²) in [5, 5.41) is 16.4. The van der Waals surface area contributed by atoms with E-state index in [0.717, 1.165) is 22.2 Å². The summed E-state index contributed by atoms with van der Waals surface area (Å²) in [6.45, 7) is 5.55. The zero-order chi connectivity index (χ0) is 22.1. The first-order chi connectivity index (χ1) is 14.8. The van der Waals surface area contributed by atoms with Gasteiger partial charge in [-0.2, -0.15) is 4.98 Å². The number of rotatable bonds is 5. The molecule has 2 aromatic heterocycles. The molecular formula is C22H18ClN5O3. The SMILES string of the molecule is Cc1ccc2cccc(Nc3ncnc(Oc4cc(C)c(Cl)c(C)c4)c3[N+](=O)[O-])c2n1. The van der Waals surface area contributed by atoms with E-state index < -0.39 is 4.92 Å². The van der Waals surface area contributed by atoms with Gasteiger partial charge in [-0.05, 0) is 56.2 Å². The molecule has 8 nitrogen and oxygen atoms in total. The Bertz CT molecular complexity index is 1300. The molecule has 0 aliphatic heterocycles. The van der Waals surface area contributed by atoms with Crippen LogP contribution >= 0.6 is 11.6 Å². The molecule has 4 rings (SSSR count). The Labute approximate surface area is 183 Å². The molecule has 0 spiro atoms. The topological polar surface area (TPSA) is 103 Å². The maximum absolute atomic E-state index is 11.9. The normalized spacial score (nSPS) is 10.8. The predicted molar refractivity (Wildman–Crippen MR) is 119 cm³/mol. The molecule has 156 valence electrons. The minimum atomic E-state index is -0.572. The summed E-state index contributed by atoms with van der Waals surface area (Å²) in [5.41, 5.74) is 3.32. The third-order valence-electron chi connectivity index (χ3n) is 4.71. The van der Waals surface area contributed by atoms with Gasteiger partial charge in [0, 0.05) is 16.1 Å². The number of fused-ring (bicyclic) bond motifs is 1. The van der Waals surface area contributed by atoms with Crippen molar-refractivity contribution in [2.45, 2.75) is 20.8 Å². The molecule has 0 bridgehead atoms. The van der Waals surface area contributed by atoms with Gasteiger partial charge in [0.2, 0.25) is 5.82 Å². The van der Waals surface area contributed by atoms with Crippen molar-refractivity contribution in [2.24, 2.45) is 0 Å². The average Bonchev–Trinajstić information content (AvgIpc) is 2.72. The third-order valence-corrected chi connectivity index (χ3v) is 5.30. The Morgan fingerprint density at radius 1 is 1.06 bits per heavy atom. The molecule has 1 N–H and O–H groups in total. The number of hydrogen-bond donors (Lipinski definition) is 1. The van der Waals surface area contributed by atoms with E-state index in [2.05, 4.69) is 20.3 Å². The molecule has 0 fully saturated rings. The lowest BCUT2D eigenvalue weighted by atomic mass is 10.1. The van der Waals surface area contributed by atoms with Crippen molar-refractivity contribution in [1.29, 1.82) is 0 Å². The monoisotopic (exact) mass is 435 g/mol. The van der Waals surface area contributed by atoms with Gasteiger partial charge in [0.25, 0.3) is 0 Å². The van der Waals surface area contributed by atoms with Gasteiger partial charge in [-0.25, -0.2) is 4.98 Å². The molecule has 9 heteroatoms. The van der Waals surface area contributed by atoms with Gasteiger partial charge in [0.1, 0.15) is 12.1 Å². The fraction of sp³-hybridized carbons (Fsp3) is 0.136. The van der Waals surface area contributed by atoms with Crippen LogP contribution < -0.4 is 10.1 Å². The summed E-state index contributed by atoms with van der Waals surface area (Å²) in [7, 11) is 0. The second-order valence-electron chi connectivity index (χ2n) is 7.06. The molecule has 4 aromatic rings. The first-order valence-corrected chi connectivity index (χ1v) is 9.78. The number of aromatic nitrogens is 3. The molecule has 2 heterocycles. The molecular weight excluding hydrogens is 418 g/mol. The van der Waals surface area contributed by atoms with Gasteiger partial charge in [-0.3, -0.25) is 15.1 Å². The lowest BCUT2D eigenvalue weighted by molar-refractivity contribution is -0.385. The van der Waals surface area contributed by atoms with Crippen LogP contribution in [0.4, 0.5) is 17.2 Å². The molecule has 0 saturated heterocycles. The van der Waals surface area contributed by atoms with Crippen LogP contribution in [0.25, 0.3) is 10.9 Å². The largest absolute Gasteiger partial charge is 0.434 e. The van der Waals surface area contributed by atoms with Gasteiger partial charge < -0.3 is 10.1 Å². The standard InChI is InChI=1S/C22H18ClN5O3/c1-12-9-16(10-13(2)18(12)23)31-22-20(28(29)30)21(24-11-25-22)27-17-6-4-5-15-8-7-14(3)26-19(15)17/h4-11H,1-3H3,(H,24,25,27). The smallest absolute Gasteiger partial charge is 0.373 e. The second kappa shape index (κ2) is 8.16. The molecule has 0 aliphatic rings. The average molecular weight is 436 g/mol. The van der Waals surface area contributed by atoms with Crippen LogP contribution in [0.3, 0.4) is 0 Å². The second-order valence-corrected chi connectivity index (χ2v) is 7.44. The molecule has 31 heavy (non-hydrogen) atoms. The Morgan fingerprint density at radius 3 is 2.52 bits per heavy atom. The van der Waals surface area contributed by atoms with Crippen LogP contribution in [0.5, 0.6) is 11.6 Å². The number of nitro groups is 1. The summed E-state index contributed by atoms with van der Waals surface area (Å²) in [4.78, 5) is 23.9. The zero-order valence-electron chi connectivity index (χ0n) is 17.0. The summed E-state index contributed by atoms with van der Waals surface area (Å²) >= 11 is 6.20. The third kappa shape index (κ3) is 4.10. The van der Waals surface area contributed by atoms with Crippen molar-refractivity contribution in [3.05, 3.63) is 80.7 Å². The fourth-order valence-corrected chi connectivity index (χ4v) is 3.35. The molecule has 0 atom stereocenters. The van der Waals surface area contributed by atoms with Gasteiger partial charge in [0.05, 0.1) is 16.1 Å². The molecule has 0 saturated carbocycles. The van der Waals surface area contributed by atoms with Crippen molar-refractivity contribution in [3.63, 3.8) is 0 Å². The molecule has 2 aromatic carbocycles. The van der Waals surface area contributed by atoms with Crippen molar-refractivity contribution in [1.82, 2.24) is 15.0 Å². The predicted octanol–water partition coefficient (Wildman–Crippen LogP) is 6.05.